The predicted molar refractivity (Wildman–Crippen MR) is 74.9 cm³/mol. The number of carbonyl (C=O) groups excluding carboxylic acids is 1. The van der Waals surface area contributed by atoms with Crippen LogP contribution in [0.15, 0.2) is 18.2 Å². The van der Waals surface area contributed by atoms with Crippen LogP contribution in [-0.2, 0) is 9.53 Å². The Morgan fingerprint density at radius 3 is 2.80 bits per heavy atom. The van der Waals surface area contributed by atoms with Crippen molar-refractivity contribution in [1.29, 1.82) is 0 Å². The summed E-state index contributed by atoms with van der Waals surface area (Å²) in [5.74, 6) is -1.14. The smallest absolute Gasteiger partial charge is 0.335 e. The molecular weight excluding hydrogens is 258 g/mol. The van der Waals surface area contributed by atoms with Gasteiger partial charge in [-0.2, -0.15) is 0 Å². The molecule has 1 saturated heterocycles. The molecule has 0 aliphatic carbocycles. The van der Waals surface area contributed by atoms with Gasteiger partial charge >= 0.3 is 5.97 Å². The van der Waals surface area contributed by atoms with Crippen molar-refractivity contribution in [3.63, 3.8) is 0 Å². The van der Waals surface area contributed by atoms with Crippen LogP contribution in [0.3, 0.4) is 0 Å². The highest BCUT2D eigenvalue weighted by Gasteiger charge is 2.26. The number of aryl methyl sites for hydroxylation is 1. The van der Waals surface area contributed by atoms with Crippen molar-refractivity contribution in [2.75, 3.05) is 11.9 Å². The van der Waals surface area contributed by atoms with Crippen molar-refractivity contribution in [2.24, 2.45) is 5.92 Å². The molecule has 1 aromatic carbocycles. The maximum Gasteiger partial charge on any atom is 0.335 e. The Labute approximate surface area is 117 Å². The number of carbonyl (C=O) groups is 2. The molecule has 1 fully saturated rings. The Morgan fingerprint density at radius 1 is 1.40 bits per heavy atom. The fraction of sp³-hybridized carbons (Fsp3) is 0.467. The maximum atomic E-state index is 12.2. The Bertz CT molecular complexity index is 527. The molecule has 20 heavy (non-hydrogen) atoms. The Morgan fingerprint density at radius 2 is 2.15 bits per heavy atom. The molecule has 1 aliphatic heterocycles. The Balaban J connectivity index is 2.10. The van der Waals surface area contributed by atoms with Gasteiger partial charge in [-0.1, -0.05) is 6.07 Å². The lowest BCUT2D eigenvalue weighted by molar-refractivity contribution is -0.124. The molecule has 1 aromatic rings. The first kappa shape index (κ1) is 14.5. The molecular formula is C15H19NO4. The molecule has 2 atom stereocenters. The number of aromatic carboxylic acids is 1. The van der Waals surface area contributed by atoms with Gasteiger partial charge in [-0.05, 0) is 44.4 Å². The van der Waals surface area contributed by atoms with Crippen LogP contribution in [0.5, 0.6) is 0 Å². The largest absolute Gasteiger partial charge is 0.478 e. The summed E-state index contributed by atoms with van der Waals surface area (Å²) >= 11 is 0. The first-order valence-electron chi connectivity index (χ1n) is 6.74. The van der Waals surface area contributed by atoms with Crippen LogP contribution in [-0.4, -0.2) is 29.7 Å². The standard InChI is InChI=1S/C15H19NO4/c1-9-3-4-12(15(18)19)8-13(9)16-14(17)11-5-6-20-10(2)7-11/h3-4,8,10-11H,5-7H2,1-2H3,(H,16,17)(H,18,19). The van der Waals surface area contributed by atoms with Crippen molar-refractivity contribution in [3.8, 4) is 0 Å². The van der Waals surface area contributed by atoms with Crippen LogP contribution in [0.25, 0.3) is 0 Å². The molecule has 1 amide bonds. The Kier molecular flexibility index (Phi) is 4.39. The van der Waals surface area contributed by atoms with Crippen LogP contribution in [0.1, 0.15) is 35.7 Å². The molecule has 0 radical (unpaired) electrons. The molecule has 1 aliphatic rings. The second-order valence-electron chi connectivity index (χ2n) is 5.23. The van der Waals surface area contributed by atoms with E-state index in [1.54, 1.807) is 6.07 Å². The summed E-state index contributed by atoms with van der Waals surface area (Å²) in [5.41, 5.74) is 1.59. The fourth-order valence-electron chi connectivity index (χ4n) is 2.36. The molecule has 2 rings (SSSR count). The number of amides is 1. The monoisotopic (exact) mass is 277 g/mol. The molecule has 0 aromatic heterocycles. The van der Waals surface area contributed by atoms with E-state index in [0.29, 0.717) is 25.1 Å². The number of hydrogen-bond donors (Lipinski definition) is 2. The second-order valence-corrected chi connectivity index (χ2v) is 5.23. The highest BCUT2D eigenvalue weighted by molar-refractivity contribution is 5.95. The third kappa shape index (κ3) is 3.36. The lowest BCUT2D eigenvalue weighted by Gasteiger charge is -2.26. The zero-order valence-corrected chi connectivity index (χ0v) is 11.7. The molecule has 5 heteroatoms. The van der Waals surface area contributed by atoms with Crippen molar-refractivity contribution in [2.45, 2.75) is 32.8 Å². The van der Waals surface area contributed by atoms with E-state index in [1.165, 1.54) is 12.1 Å². The average molecular weight is 277 g/mol. The number of carboxylic acids is 1. The van der Waals surface area contributed by atoms with Crippen LogP contribution in [0.4, 0.5) is 5.69 Å². The van der Waals surface area contributed by atoms with Crippen LogP contribution in [0, 0.1) is 12.8 Å². The van der Waals surface area contributed by atoms with Crippen molar-refractivity contribution in [1.82, 2.24) is 0 Å². The molecule has 0 saturated carbocycles. The SMILES string of the molecule is Cc1ccc(C(=O)O)cc1NC(=O)C1CCOC(C)C1. The van der Waals surface area contributed by atoms with Gasteiger partial charge < -0.3 is 15.2 Å². The van der Waals surface area contributed by atoms with Gasteiger partial charge in [0.2, 0.25) is 5.91 Å². The zero-order chi connectivity index (χ0) is 14.7. The highest BCUT2D eigenvalue weighted by Crippen LogP contribution is 2.23. The molecule has 1 heterocycles. The summed E-state index contributed by atoms with van der Waals surface area (Å²) in [4.78, 5) is 23.2. The van der Waals surface area contributed by atoms with E-state index in [0.717, 1.165) is 5.56 Å². The highest BCUT2D eigenvalue weighted by atomic mass is 16.5. The molecule has 108 valence electrons. The van der Waals surface area contributed by atoms with Gasteiger partial charge in [-0.3, -0.25) is 4.79 Å². The van der Waals surface area contributed by atoms with E-state index in [2.05, 4.69) is 5.32 Å². The molecule has 0 bridgehead atoms. The van der Waals surface area contributed by atoms with Gasteiger partial charge in [-0.15, -0.1) is 0 Å². The minimum absolute atomic E-state index is 0.0641. The number of nitrogens with one attached hydrogen (secondary N) is 1. The molecule has 2 N–H and O–H groups in total. The van der Waals surface area contributed by atoms with Crippen LogP contribution < -0.4 is 5.32 Å². The minimum Gasteiger partial charge on any atom is -0.478 e. The second kappa shape index (κ2) is 6.05. The van der Waals surface area contributed by atoms with Crippen molar-refractivity contribution in [3.05, 3.63) is 29.3 Å². The summed E-state index contributed by atoms with van der Waals surface area (Å²) in [6, 6.07) is 4.73. The lowest BCUT2D eigenvalue weighted by Crippen LogP contribution is -2.32. The van der Waals surface area contributed by atoms with Gasteiger partial charge in [0.05, 0.1) is 11.7 Å². The number of rotatable bonds is 3. The van der Waals surface area contributed by atoms with E-state index in [4.69, 9.17) is 9.84 Å². The van der Waals surface area contributed by atoms with Crippen molar-refractivity contribution >= 4 is 17.6 Å². The van der Waals surface area contributed by atoms with E-state index in [-0.39, 0.29) is 23.5 Å². The van der Waals surface area contributed by atoms with Gasteiger partial charge in [0, 0.05) is 18.2 Å². The number of hydrogen-bond acceptors (Lipinski definition) is 3. The lowest BCUT2D eigenvalue weighted by atomic mass is 9.95. The van der Waals surface area contributed by atoms with Crippen LogP contribution in [0.2, 0.25) is 0 Å². The summed E-state index contributed by atoms with van der Waals surface area (Å²) in [6.45, 7) is 4.39. The fourth-order valence-corrected chi connectivity index (χ4v) is 2.36. The van der Waals surface area contributed by atoms with Gasteiger partial charge in [0.1, 0.15) is 0 Å². The minimum atomic E-state index is -1.000. The summed E-state index contributed by atoms with van der Waals surface area (Å²) in [6.07, 6.45) is 1.49. The summed E-state index contributed by atoms with van der Waals surface area (Å²) in [5, 5.41) is 11.8. The van der Waals surface area contributed by atoms with E-state index < -0.39 is 5.97 Å². The number of ether oxygens (including phenoxy) is 1. The predicted octanol–water partition coefficient (Wildman–Crippen LogP) is 2.45. The first-order chi connectivity index (χ1) is 9.47. The van der Waals surface area contributed by atoms with E-state index in [9.17, 15) is 9.59 Å². The van der Waals surface area contributed by atoms with E-state index in [1.807, 2.05) is 13.8 Å². The zero-order valence-electron chi connectivity index (χ0n) is 11.7. The first-order valence-corrected chi connectivity index (χ1v) is 6.74. The third-order valence-electron chi connectivity index (χ3n) is 3.60. The maximum absolute atomic E-state index is 12.2. The topological polar surface area (TPSA) is 75.6 Å². The average Bonchev–Trinajstić information content (AvgIpc) is 2.41. The molecule has 2 unspecified atom stereocenters. The van der Waals surface area contributed by atoms with E-state index >= 15 is 0 Å². The summed E-state index contributed by atoms with van der Waals surface area (Å²) in [7, 11) is 0. The summed E-state index contributed by atoms with van der Waals surface area (Å²) < 4.78 is 5.42. The Hall–Kier alpha value is -1.88. The normalized spacial score (nSPS) is 22.3. The molecule has 5 nitrogen and oxygen atoms in total. The van der Waals surface area contributed by atoms with Gasteiger partial charge in [-0.25, -0.2) is 4.79 Å². The number of anilines is 1. The molecule has 0 spiro atoms. The number of benzene rings is 1. The quantitative estimate of drug-likeness (QED) is 0.889. The van der Waals surface area contributed by atoms with Crippen LogP contribution >= 0.6 is 0 Å². The van der Waals surface area contributed by atoms with Gasteiger partial charge in [0.25, 0.3) is 0 Å². The third-order valence-corrected chi connectivity index (χ3v) is 3.60. The number of carboxylic acid groups (broad SMARTS) is 1. The van der Waals surface area contributed by atoms with Gasteiger partial charge in [0.15, 0.2) is 0 Å². The van der Waals surface area contributed by atoms with Crippen molar-refractivity contribution < 1.29 is 19.4 Å².